The van der Waals surface area contributed by atoms with Gasteiger partial charge in [-0.3, -0.25) is 9.69 Å². The number of ether oxygens (including phenoxy) is 3. The molecule has 38 heavy (non-hydrogen) atoms. The molecule has 2 aliphatic rings. The van der Waals surface area contributed by atoms with Crippen molar-refractivity contribution in [1.29, 1.82) is 0 Å². The first kappa shape index (κ1) is 27.1. The van der Waals surface area contributed by atoms with E-state index in [-0.39, 0.29) is 35.9 Å². The minimum absolute atomic E-state index is 0.0705. The summed E-state index contributed by atoms with van der Waals surface area (Å²) in [5.41, 5.74) is 0.616. The number of nitrogens with zero attached hydrogens (tertiary/aromatic N) is 3. The molecule has 0 radical (unpaired) electrons. The van der Waals surface area contributed by atoms with Gasteiger partial charge in [0.25, 0.3) is 0 Å². The van der Waals surface area contributed by atoms with Gasteiger partial charge in [-0.1, -0.05) is 22.9 Å². The molecule has 1 amide bonds. The van der Waals surface area contributed by atoms with Gasteiger partial charge in [0, 0.05) is 25.6 Å². The van der Waals surface area contributed by atoms with Gasteiger partial charge in [-0.25, -0.2) is 13.4 Å². The monoisotopic (exact) mass is 579 g/mol. The van der Waals surface area contributed by atoms with Crippen molar-refractivity contribution in [3.8, 4) is 11.5 Å². The summed E-state index contributed by atoms with van der Waals surface area (Å²) in [5.74, 6) is 0.779. The van der Waals surface area contributed by atoms with Crippen molar-refractivity contribution >= 4 is 54.2 Å². The predicted molar refractivity (Wildman–Crippen MR) is 147 cm³/mol. The highest BCUT2D eigenvalue weighted by Gasteiger charge is 2.36. The second-order valence-electron chi connectivity index (χ2n) is 9.36. The largest absolute Gasteiger partial charge is 0.497 e. The topological polar surface area (TPSA) is 98.3 Å². The Balaban J connectivity index is 1.36. The first-order valence-electron chi connectivity index (χ1n) is 12.5. The molecule has 3 aromatic rings. The van der Waals surface area contributed by atoms with Crippen molar-refractivity contribution in [1.82, 2.24) is 9.29 Å². The van der Waals surface area contributed by atoms with Crippen molar-refractivity contribution in [3.05, 3.63) is 41.4 Å². The molecule has 204 valence electrons. The maximum absolute atomic E-state index is 13.9. The lowest BCUT2D eigenvalue weighted by Crippen LogP contribution is -2.46. The first-order valence-corrected chi connectivity index (χ1v) is 15.2. The Morgan fingerprint density at radius 1 is 1.13 bits per heavy atom. The zero-order chi connectivity index (χ0) is 26.9. The van der Waals surface area contributed by atoms with E-state index in [2.05, 4.69) is 0 Å². The van der Waals surface area contributed by atoms with Crippen LogP contribution in [0.25, 0.3) is 10.2 Å². The van der Waals surface area contributed by atoms with E-state index in [1.54, 1.807) is 48.4 Å². The van der Waals surface area contributed by atoms with Gasteiger partial charge >= 0.3 is 0 Å². The highest BCUT2D eigenvalue weighted by atomic mass is 35.5. The zero-order valence-electron chi connectivity index (χ0n) is 21.3. The lowest BCUT2D eigenvalue weighted by molar-refractivity contribution is -0.123. The summed E-state index contributed by atoms with van der Waals surface area (Å²) in [6.45, 7) is 1.59. The van der Waals surface area contributed by atoms with Crippen LogP contribution in [-0.2, 0) is 19.6 Å². The van der Waals surface area contributed by atoms with Crippen molar-refractivity contribution in [3.63, 3.8) is 0 Å². The van der Waals surface area contributed by atoms with Crippen molar-refractivity contribution in [2.45, 2.75) is 36.7 Å². The lowest BCUT2D eigenvalue weighted by Gasteiger charge is -2.33. The van der Waals surface area contributed by atoms with Crippen LogP contribution in [0, 0.1) is 5.92 Å². The third-order valence-electron chi connectivity index (χ3n) is 7.07. The maximum atomic E-state index is 13.9. The van der Waals surface area contributed by atoms with Crippen molar-refractivity contribution in [2.75, 3.05) is 45.4 Å². The molecule has 1 aromatic heterocycles. The molecular formula is C26H30ClN3O6S2. The Hall–Kier alpha value is -2.44. The molecule has 5 rings (SSSR count). The molecule has 3 heterocycles. The first-order chi connectivity index (χ1) is 18.3. The fourth-order valence-corrected chi connectivity index (χ4v) is 7.68. The van der Waals surface area contributed by atoms with Gasteiger partial charge in [-0.05, 0) is 62.1 Å². The van der Waals surface area contributed by atoms with Gasteiger partial charge in [0.2, 0.25) is 15.9 Å². The van der Waals surface area contributed by atoms with Crippen LogP contribution in [0.4, 0.5) is 5.13 Å². The van der Waals surface area contributed by atoms with Crippen LogP contribution in [0.1, 0.15) is 25.7 Å². The Morgan fingerprint density at radius 2 is 1.87 bits per heavy atom. The minimum Gasteiger partial charge on any atom is -0.497 e. The number of aromatic nitrogens is 1. The average Bonchev–Trinajstić information content (AvgIpc) is 3.62. The van der Waals surface area contributed by atoms with Gasteiger partial charge in [0.1, 0.15) is 17.0 Å². The fourth-order valence-electron chi connectivity index (χ4n) is 4.94. The fraction of sp³-hybridized carbons (Fsp3) is 0.462. The highest BCUT2D eigenvalue weighted by Crippen LogP contribution is 2.40. The number of benzene rings is 2. The molecule has 0 saturated carbocycles. The summed E-state index contributed by atoms with van der Waals surface area (Å²) >= 11 is 7.80. The van der Waals surface area contributed by atoms with E-state index in [0.717, 1.165) is 17.5 Å². The summed E-state index contributed by atoms with van der Waals surface area (Å²) in [4.78, 5) is 20.6. The molecule has 9 nitrogen and oxygen atoms in total. The third-order valence-corrected chi connectivity index (χ3v) is 10.5. The standard InChI is InChI=1S/C26H30ClN3O6S2/c1-34-18-5-7-20(8-6-18)38(32,33)29-13-11-17(12-14-29)25(31)30(16-19-4-3-15-36-19)26-28-23-22(35-2)10-9-21(27)24(23)37-26/h5-10,17,19H,3-4,11-16H2,1-2H3. The van der Waals surface area contributed by atoms with Crippen molar-refractivity contribution in [2.24, 2.45) is 5.92 Å². The summed E-state index contributed by atoms with van der Waals surface area (Å²) in [5, 5.41) is 1.09. The van der Waals surface area contributed by atoms with Crippen LogP contribution in [-0.4, -0.2) is 70.2 Å². The molecule has 0 bridgehead atoms. The number of piperidine rings is 1. The molecular weight excluding hydrogens is 550 g/mol. The van der Waals surface area contributed by atoms with E-state index < -0.39 is 10.0 Å². The van der Waals surface area contributed by atoms with Crippen LogP contribution in [0.5, 0.6) is 11.5 Å². The number of carbonyl (C=O) groups excluding carboxylic acids is 1. The lowest BCUT2D eigenvalue weighted by atomic mass is 9.96. The van der Waals surface area contributed by atoms with E-state index in [4.69, 9.17) is 30.8 Å². The molecule has 1 atom stereocenters. The third kappa shape index (κ3) is 5.35. The number of rotatable bonds is 8. The summed E-state index contributed by atoms with van der Waals surface area (Å²) < 4.78 is 45.0. The van der Waals surface area contributed by atoms with Gasteiger partial charge in [0.15, 0.2) is 5.13 Å². The molecule has 0 spiro atoms. The molecule has 1 unspecified atom stereocenters. The quantitative estimate of drug-likeness (QED) is 0.385. The number of methoxy groups -OCH3 is 2. The number of halogens is 1. The number of thiazole rings is 1. The Morgan fingerprint density at radius 3 is 2.50 bits per heavy atom. The van der Waals surface area contributed by atoms with Crippen LogP contribution in [0.3, 0.4) is 0 Å². The molecule has 12 heteroatoms. The van der Waals surface area contributed by atoms with Crippen LogP contribution >= 0.6 is 22.9 Å². The number of hydrogen-bond donors (Lipinski definition) is 0. The molecule has 2 aromatic carbocycles. The second kappa shape index (κ2) is 11.4. The second-order valence-corrected chi connectivity index (χ2v) is 12.7. The zero-order valence-corrected chi connectivity index (χ0v) is 23.7. The Kier molecular flexibility index (Phi) is 8.11. The number of carbonyl (C=O) groups is 1. The average molecular weight is 580 g/mol. The van der Waals surface area contributed by atoms with Gasteiger partial charge < -0.3 is 14.2 Å². The number of sulfonamides is 1. The number of fused-ring (bicyclic) bond motifs is 1. The van der Waals surface area contributed by atoms with Gasteiger partial charge in [-0.2, -0.15) is 4.31 Å². The highest BCUT2D eigenvalue weighted by molar-refractivity contribution is 7.89. The summed E-state index contributed by atoms with van der Waals surface area (Å²) in [7, 11) is -0.554. The summed E-state index contributed by atoms with van der Waals surface area (Å²) in [6.07, 6.45) is 2.60. The van der Waals surface area contributed by atoms with Crippen LogP contribution in [0.15, 0.2) is 41.3 Å². The Labute approximate surface area is 231 Å². The summed E-state index contributed by atoms with van der Waals surface area (Å²) in [6, 6.07) is 9.87. The number of amides is 1. The smallest absolute Gasteiger partial charge is 0.243 e. The molecule has 0 N–H and O–H groups in total. The van der Waals surface area contributed by atoms with Gasteiger partial charge in [-0.15, -0.1) is 0 Å². The van der Waals surface area contributed by atoms with Crippen molar-refractivity contribution < 1.29 is 27.4 Å². The Bertz CT molecular complexity index is 1400. The molecule has 2 saturated heterocycles. The maximum Gasteiger partial charge on any atom is 0.243 e. The molecule has 0 aliphatic carbocycles. The van der Waals surface area contributed by atoms with E-state index in [1.807, 2.05) is 0 Å². The van der Waals surface area contributed by atoms with E-state index in [9.17, 15) is 13.2 Å². The predicted octanol–water partition coefficient (Wildman–Crippen LogP) is 4.58. The van der Waals surface area contributed by atoms with Crippen LogP contribution in [0.2, 0.25) is 5.02 Å². The number of anilines is 1. The van der Waals surface area contributed by atoms with Gasteiger partial charge in [0.05, 0.1) is 41.5 Å². The SMILES string of the molecule is COc1ccc(S(=O)(=O)N2CCC(C(=O)N(CC3CCCO3)c3nc4c(OC)ccc(Cl)c4s3)CC2)cc1. The molecule has 2 fully saturated rings. The normalized spacial score (nSPS) is 19.1. The van der Waals surface area contributed by atoms with E-state index >= 15 is 0 Å². The number of hydrogen-bond acceptors (Lipinski definition) is 8. The van der Waals surface area contributed by atoms with E-state index in [1.165, 1.54) is 22.8 Å². The minimum atomic E-state index is -3.66. The van der Waals surface area contributed by atoms with E-state index in [0.29, 0.717) is 53.2 Å². The molecule has 2 aliphatic heterocycles. The van der Waals surface area contributed by atoms with Crippen LogP contribution < -0.4 is 14.4 Å².